The molecule has 3 rings (SSSR count). The van der Waals surface area contributed by atoms with E-state index < -0.39 is 11.5 Å². The van der Waals surface area contributed by atoms with Gasteiger partial charge in [-0.05, 0) is 24.0 Å². The molecule has 28 heavy (non-hydrogen) atoms. The Morgan fingerprint density at radius 2 is 1.71 bits per heavy atom. The lowest BCUT2D eigenvalue weighted by Gasteiger charge is -2.23. The lowest BCUT2D eigenvalue weighted by Crippen LogP contribution is -2.42. The molecule has 146 valence electrons. The number of carbonyl (C=O) groups excluding carboxylic acids is 2. The quantitative estimate of drug-likeness (QED) is 0.622. The van der Waals surface area contributed by atoms with Crippen LogP contribution in [0.4, 0.5) is 5.69 Å². The number of aliphatic hydroxyl groups is 1. The average Bonchev–Trinajstić information content (AvgIpc) is 2.83. The Balaban J connectivity index is 1.91. The van der Waals surface area contributed by atoms with Gasteiger partial charge < -0.3 is 10.0 Å². The summed E-state index contributed by atoms with van der Waals surface area (Å²) in [5.41, 5.74) is 1.66. The topological polar surface area (TPSA) is 57.6 Å². The third-order valence-electron chi connectivity index (χ3n) is 5.16. The van der Waals surface area contributed by atoms with E-state index in [0.29, 0.717) is 23.4 Å². The van der Waals surface area contributed by atoms with Gasteiger partial charge in [-0.3, -0.25) is 9.59 Å². The Kier molecular flexibility index (Phi) is 5.02. The smallest absolute Gasteiger partial charge is 0.264 e. The highest BCUT2D eigenvalue weighted by atomic mass is 16.3. The van der Waals surface area contributed by atoms with E-state index in [1.165, 1.54) is 4.90 Å². The maximum atomic E-state index is 13.1. The van der Waals surface area contributed by atoms with Crippen LogP contribution in [0, 0.1) is 0 Å². The zero-order chi connectivity index (χ0) is 20.7. The molecule has 4 nitrogen and oxygen atoms in total. The molecule has 0 aliphatic carbocycles. The van der Waals surface area contributed by atoms with Crippen LogP contribution in [0.5, 0.6) is 0 Å². The number of nitrogens with zero attached hydrogens (tertiary/aromatic N) is 1. The van der Waals surface area contributed by atoms with Gasteiger partial charge >= 0.3 is 0 Å². The second-order valence-electron chi connectivity index (χ2n) is 8.65. The number of amides is 1. The highest BCUT2D eigenvalue weighted by Gasteiger charge is 2.50. The monoisotopic (exact) mass is 377 g/mol. The average molecular weight is 377 g/mol. The van der Waals surface area contributed by atoms with Crippen molar-refractivity contribution in [3.63, 3.8) is 0 Å². The van der Waals surface area contributed by atoms with Crippen molar-refractivity contribution in [2.24, 2.45) is 0 Å². The SMILES string of the molecule is C=C(C)CN1C(=O)[C@@](O)(CC(=O)c2ccc(C(C)(C)C)cc2)c2ccccc21. The molecular formula is C24H27NO3. The zero-order valence-corrected chi connectivity index (χ0v) is 17.0. The van der Waals surface area contributed by atoms with Gasteiger partial charge in [0.2, 0.25) is 0 Å². The van der Waals surface area contributed by atoms with E-state index in [-0.39, 0.29) is 17.6 Å². The summed E-state index contributed by atoms with van der Waals surface area (Å²) in [7, 11) is 0. The second-order valence-corrected chi connectivity index (χ2v) is 8.65. The van der Waals surface area contributed by atoms with E-state index in [1.54, 1.807) is 30.3 Å². The number of hydrogen-bond donors (Lipinski definition) is 1. The van der Waals surface area contributed by atoms with Gasteiger partial charge in [-0.2, -0.15) is 0 Å². The van der Waals surface area contributed by atoms with Crippen molar-refractivity contribution in [2.45, 2.75) is 45.1 Å². The number of carbonyl (C=O) groups is 2. The fraction of sp³-hybridized carbons (Fsp3) is 0.333. The number of Topliss-reactive ketones (excluding diaryl/α,β-unsaturated/α-hetero) is 1. The van der Waals surface area contributed by atoms with E-state index in [4.69, 9.17) is 0 Å². The van der Waals surface area contributed by atoms with E-state index in [2.05, 4.69) is 27.4 Å². The van der Waals surface area contributed by atoms with Crippen LogP contribution in [0.1, 0.15) is 55.6 Å². The van der Waals surface area contributed by atoms with Crippen molar-refractivity contribution in [2.75, 3.05) is 11.4 Å². The highest BCUT2D eigenvalue weighted by Crippen LogP contribution is 2.43. The molecule has 0 unspecified atom stereocenters. The Morgan fingerprint density at radius 1 is 1.11 bits per heavy atom. The molecule has 2 aromatic rings. The van der Waals surface area contributed by atoms with E-state index >= 15 is 0 Å². The molecule has 0 spiro atoms. The molecule has 2 aromatic carbocycles. The van der Waals surface area contributed by atoms with Crippen LogP contribution in [0.25, 0.3) is 0 Å². The van der Waals surface area contributed by atoms with E-state index in [0.717, 1.165) is 11.1 Å². The summed E-state index contributed by atoms with van der Waals surface area (Å²) in [6, 6.07) is 14.5. The van der Waals surface area contributed by atoms with Crippen molar-refractivity contribution >= 4 is 17.4 Å². The highest BCUT2D eigenvalue weighted by molar-refractivity contribution is 6.11. The summed E-state index contributed by atoms with van der Waals surface area (Å²) >= 11 is 0. The standard InChI is InChI=1S/C24H27NO3/c1-16(2)15-25-20-9-7-6-8-19(20)24(28,22(25)27)14-21(26)17-10-12-18(13-11-17)23(3,4)5/h6-13,28H,1,14-15H2,2-5H3/t24-/m1/s1. The third kappa shape index (κ3) is 3.52. The van der Waals surface area contributed by atoms with Gasteiger partial charge in [0.15, 0.2) is 11.4 Å². The predicted molar refractivity (Wildman–Crippen MR) is 112 cm³/mol. The van der Waals surface area contributed by atoms with E-state index in [9.17, 15) is 14.7 Å². The maximum absolute atomic E-state index is 13.1. The number of hydrogen-bond acceptors (Lipinski definition) is 3. The van der Waals surface area contributed by atoms with Gasteiger partial charge in [-0.25, -0.2) is 0 Å². The summed E-state index contributed by atoms with van der Waals surface area (Å²) in [6.45, 7) is 12.3. The molecule has 1 atom stereocenters. The lowest BCUT2D eigenvalue weighted by molar-refractivity contribution is -0.135. The number of benzene rings is 2. The predicted octanol–water partition coefficient (Wildman–Crippen LogP) is 4.37. The van der Waals surface area contributed by atoms with Crippen molar-refractivity contribution in [1.82, 2.24) is 0 Å². The van der Waals surface area contributed by atoms with Gasteiger partial charge in [0, 0.05) is 17.7 Å². The fourth-order valence-electron chi connectivity index (χ4n) is 3.59. The van der Waals surface area contributed by atoms with Crippen LogP contribution in [-0.2, 0) is 15.8 Å². The normalized spacial score (nSPS) is 18.9. The largest absolute Gasteiger partial charge is 0.375 e. The molecule has 0 radical (unpaired) electrons. The van der Waals surface area contributed by atoms with Crippen LogP contribution in [0.3, 0.4) is 0 Å². The first kappa shape index (κ1) is 20.0. The number of ketones is 1. The van der Waals surface area contributed by atoms with Crippen molar-refractivity contribution in [3.05, 3.63) is 77.4 Å². The van der Waals surface area contributed by atoms with Gasteiger partial charge in [0.25, 0.3) is 5.91 Å². The first-order chi connectivity index (χ1) is 13.0. The molecule has 0 aromatic heterocycles. The molecule has 1 N–H and O–H groups in total. The van der Waals surface area contributed by atoms with Crippen molar-refractivity contribution in [1.29, 1.82) is 0 Å². The van der Waals surface area contributed by atoms with Crippen molar-refractivity contribution < 1.29 is 14.7 Å². The lowest BCUT2D eigenvalue weighted by atomic mass is 9.85. The Morgan fingerprint density at radius 3 is 2.29 bits per heavy atom. The minimum Gasteiger partial charge on any atom is -0.375 e. The van der Waals surface area contributed by atoms with Crippen molar-refractivity contribution in [3.8, 4) is 0 Å². The van der Waals surface area contributed by atoms with Gasteiger partial charge in [0.05, 0.1) is 12.1 Å². The first-order valence-corrected chi connectivity index (χ1v) is 9.46. The van der Waals surface area contributed by atoms with Crippen LogP contribution in [0.15, 0.2) is 60.7 Å². The number of fused-ring (bicyclic) bond motifs is 1. The van der Waals surface area contributed by atoms with Gasteiger partial charge in [0.1, 0.15) is 0 Å². The fourth-order valence-corrected chi connectivity index (χ4v) is 3.59. The number of rotatable bonds is 5. The Hall–Kier alpha value is -2.72. The maximum Gasteiger partial charge on any atom is 0.264 e. The van der Waals surface area contributed by atoms with Crippen LogP contribution in [-0.4, -0.2) is 23.3 Å². The Bertz CT molecular complexity index is 937. The van der Waals surface area contributed by atoms with Crippen LogP contribution in [0.2, 0.25) is 0 Å². The molecular weight excluding hydrogens is 350 g/mol. The van der Waals surface area contributed by atoms with Gasteiger partial charge in [-0.1, -0.05) is 75.4 Å². The molecule has 4 heteroatoms. The second kappa shape index (κ2) is 7.02. The van der Waals surface area contributed by atoms with E-state index in [1.807, 2.05) is 25.1 Å². The minimum absolute atomic E-state index is 0.0107. The summed E-state index contributed by atoms with van der Waals surface area (Å²) in [4.78, 5) is 27.5. The zero-order valence-electron chi connectivity index (χ0n) is 17.0. The summed E-state index contributed by atoms with van der Waals surface area (Å²) in [5, 5.41) is 11.3. The van der Waals surface area contributed by atoms with Crippen LogP contribution < -0.4 is 4.90 Å². The minimum atomic E-state index is -1.86. The summed E-state index contributed by atoms with van der Waals surface area (Å²) in [5.74, 6) is -0.736. The molecule has 0 bridgehead atoms. The molecule has 0 fully saturated rings. The summed E-state index contributed by atoms with van der Waals surface area (Å²) in [6.07, 6.45) is -0.287. The third-order valence-corrected chi connectivity index (χ3v) is 5.16. The molecule has 1 aliphatic heterocycles. The molecule has 0 saturated carbocycles. The molecule has 1 heterocycles. The van der Waals surface area contributed by atoms with Crippen LogP contribution >= 0.6 is 0 Å². The number of para-hydroxylation sites is 1. The molecule has 1 aliphatic rings. The van der Waals surface area contributed by atoms with Gasteiger partial charge in [-0.15, -0.1) is 0 Å². The molecule has 0 saturated heterocycles. The molecule has 1 amide bonds. The first-order valence-electron chi connectivity index (χ1n) is 9.46. The number of anilines is 1. The summed E-state index contributed by atoms with van der Waals surface area (Å²) < 4.78 is 0. The Labute approximate surface area is 166 Å².